The van der Waals surface area contributed by atoms with Crippen LogP contribution in [-0.4, -0.2) is 11.3 Å². The van der Waals surface area contributed by atoms with E-state index in [0.29, 0.717) is 5.56 Å². The van der Waals surface area contributed by atoms with Gasteiger partial charge in [-0.15, -0.1) is 0 Å². The second-order valence-corrected chi connectivity index (χ2v) is 3.58. The van der Waals surface area contributed by atoms with E-state index in [1.807, 2.05) is 6.92 Å². The van der Waals surface area contributed by atoms with E-state index in [0.717, 1.165) is 23.0 Å². The van der Waals surface area contributed by atoms with Gasteiger partial charge in [0.25, 0.3) is 0 Å². The third-order valence-corrected chi connectivity index (χ3v) is 2.40. The first kappa shape index (κ1) is 10.5. The van der Waals surface area contributed by atoms with Gasteiger partial charge in [-0.05, 0) is 30.2 Å². The average Bonchev–Trinajstić information content (AvgIpc) is 2.28. The van der Waals surface area contributed by atoms with Crippen molar-refractivity contribution in [3.8, 4) is 11.1 Å². The summed E-state index contributed by atoms with van der Waals surface area (Å²) in [6, 6.07) is 6.71. The van der Waals surface area contributed by atoms with Gasteiger partial charge < -0.3 is 0 Å². The number of carbonyl (C=O) groups excluding carboxylic acids is 1. The van der Waals surface area contributed by atoms with Gasteiger partial charge in [0.15, 0.2) is 0 Å². The van der Waals surface area contributed by atoms with Crippen LogP contribution in [0.5, 0.6) is 0 Å². The molecule has 0 atom stereocenters. The van der Waals surface area contributed by atoms with E-state index in [9.17, 15) is 9.18 Å². The number of carbonyl (C=O) groups is 1. The minimum absolute atomic E-state index is 0.364. The van der Waals surface area contributed by atoms with Crippen LogP contribution in [0.15, 0.2) is 36.7 Å². The normalized spacial score (nSPS) is 10.1. The minimum Gasteiger partial charge on any atom is -0.298 e. The molecule has 2 rings (SSSR count). The Morgan fingerprint density at radius 1 is 1.25 bits per heavy atom. The summed E-state index contributed by atoms with van der Waals surface area (Å²) in [6.45, 7) is 1.88. The molecule has 0 amide bonds. The molecule has 0 aliphatic rings. The predicted molar refractivity (Wildman–Crippen MR) is 59.8 cm³/mol. The lowest BCUT2D eigenvalue weighted by Gasteiger charge is -2.06. The molecule has 1 aromatic carbocycles. The average molecular weight is 215 g/mol. The highest BCUT2D eigenvalue weighted by atomic mass is 19.1. The molecular formula is C13H10FNO. The van der Waals surface area contributed by atoms with Crippen LogP contribution in [0.25, 0.3) is 11.1 Å². The fourth-order valence-electron chi connectivity index (χ4n) is 1.64. The van der Waals surface area contributed by atoms with Crippen molar-refractivity contribution in [1.82, 2.24) is 4.98 Å². The first-order chi connectivity index (χ1) is 7.70. The quantitative estimate of drug-likeness (QED) is 0.721. The number of halogens is 1. The zero-order valence-corrected chi connectivity index (χ0v) is 8.77. The summed E-state index contributed by atoms with van der Waals surface area (Å²) < 4.78 is 13.0. The second kappa shape index (κ2) is 4.23. The molecule has 16 heavy (non-hydrogen) atoms. The summed E-state index contributed by atoms with van der Waals surface area (Å²) in [6.07, 6.45) is 3.56. The maximum atomic E-state index is 13.0. The highest BCUT2D eigenvalue weighted by Gasteiger charge is 2.04. The highest BCUT2D eigenvalue weighted by molar-refractivity contribution is 5.78. The number of hydrogen-bond acceptors (Lipinski definition) is 2. The first-order valence-electron chi connectivity index (χ1n) is 4.87. The molecule has 0 radical (unpaired) electrons. The zero-order chi connectivity index (χ0) is 11.5. The highest BCUT2D eigenvalue weighted by Crippen LogP contribution is 2.23. The molecular weight excluding hydrogens is 205 g/mol. The van der Waals surface area contributed by atoms with Crippen molar-refractivity contribution in [3.63, 3.8) is 0 Å². The molecule has 1 heterocycles. The lowest BCUT2D eigenvalue weighted by atomic mass is 10.00. The molecule has 0 N–H and O–H groups in total. The van der Waals surface area contributed by atoms with Crippen LogP contribution in [0.2, 0.25) is 0 Å². The largest absolute Gasteiger partial charge is 0.298 e. The van der Waals surface area contributed by atoms with Crippen molar-refractivity contribution in [2.45, 2.75) is 6.92 Å². The number of rotatable bonds is 2. The Morgan fingerprint density at radius 3 is 2.69 bits per heavy atom. The molecule has 2 aromatic rings. The van der Waals surface area contributed by atoms with Crippen LogP contribution in [0.3, 0.4) is 0 Å². The smallest absolute Gasteiger partial charge is 0.150 e. The molecule has 0 bridgehead atoms. The summed E-state index contributed by atoms with van der Waals surface area (Å²) >= 11 is 0. The fraction of sp³-hybridized carbons (Fsp3) is 0.0769. The molecule has 2 nitrogen and oxygen atoms in total. The van der Waals surface area contributed by atoms with Crippen LogP contribution in [0.4, 0.5) is 4.39 Å². The zero-order valence-electron chi connectivity index (χ0n) is 8.77. The summed E-state index contributed by atoms with van der Waals surface area (Å²) in [5.41, 5.74) is 3.15. The van der Waals surface area contributed by atoms with E-state index in [1.54, 1.807) is 24.4 Å². The summed E-state index contributed by atoms with van der Waals surface area (Å²) in [4.78, 5) is 14.4. The van der Waals surface area contributed by atoms with Crippen LogP contribution in [0.1, 0.15) is 15.9 Å². The molecule has 0 fully saturated rings. The Hall–Kier alpha value is -2.03. The summed E-state index contributed by atoms with van der Waals surface area (Å²) in [5.74, 6) is -0.364. The molecule has 0 saturated carbocycles. The van der Waals surface area contributed by atoms with Crippen molar-refractivity contribution in [1.29, 1.82) is 0 Å². The van der Waals surface area contributed by atoms with Gasteiger partial charge in [0, 0.05) is 17.3 Å². The van der Waals surface area contributed by atoms with Crippen LogP contribution >= 0.6 is 0 Å². The Labute approximate surface area is 92.8 Å². The molecule has 1 aromatic heterocycles. The molecule has 0 aliphatic heterocycles. The molecule has 80 valence electrons. The van der Waals surface area contributed by atoms with Gasteiger partial charge in [0.1, 0.15) is 12.1 Å². The van der Waals surface area contributed by atoms with Crippen molar-refractivity contribution >= 4 is 6.29 Å². The lowest BCUT2D eigenvalue weighted by molar-refractivity contribution is 0.112. The van der Waals surface area contributed by atoms with Crippen LogP contribution in [0, 0.1) is 12.7 Å². The van der Waals surface area contributed by atoms with E-state index in [4.69, 9.17) is 0 Å². The van der Waals surface area contributed by atoms with Gasteiger partial charge in [-0.3, -0.25) is 9.78 Å². The van der Waals surface area contributed by atoms with Gasteiger partial charge in [-0.2, -0.15) is 0 Å². The number of benzene rings is 1. The maximum Gasteiger partial charge on any atom is 0.150 e. The van der Waals surface area contributed by atoms with Gasteiger partial charge in [-0.25, -0.2) is 4.39 Å². The SMILES string of the molecule is Cc1cc(C=O)ccc1-c1cncc(F)c1. The number of aldehydes is 1. The standard InChI is InChI=1S/C13H10FNO/c1-9-4-10(8-16)2-3-13(9)11-5-12(14)7-15-6-11/h2-8H,1H3. The number of aryl methyl sites for hydroxylation is 1. The molecule has 0 saturated heterocycles. The van der Waals surface area contributed by atoms with Gasteiger partial charge in [-0.1, -0.05) is 12.1 Å². The molecule has 3 heteroatoms. The minimum atomic E-state index is -0.364. The first-order valence-corrected chi connectivity index (χ1v) is 4.87. The monoisotopic (exact) mass is 215 g/mol. The Balaban J connectivity index is 2.52. The third-order valence-electron chi connectivity index (χ3n) is 2.40. The molecule has 0 spiro atoms. The summed E-state index contributed by atoms with van der Waals surface area (Å²) in [5, 5.41) is 0. The fourth-order valence-corrected chi connectivity index (χ4v) is 1.64. The van der Waals surface area contributed by atoms with Gasteiger partial charge in [0.2, 0.25) is 0 Å². The Morgan fingerprint density at radius 2 is 2.06 bits per heavy atom. The number of nitrogens with zero attached hydrogens (tertiary/aromatic N) is 1. The number of aromatic nitrogens is 1. The van der Waals surface area contributed by atoms with E-state index in [2.05, 4.69) is 4.98 Å². The Bertz CT molecular complexity index is 537. The van der Waals surface area contributed by atoms with Crippen molar-refractivity contribution in [2.75, 3.05) is 0 Å². The van der Waals surface area contributed by atoms with E-state index in [1.165, 1.54) is 12.3 Å². The van der Waals surface area contributed by atoms with Crippen molar-refractivity contribution in [2.24, 2.45) is 0 Å². The summed E-state index contributed by atoms with van der Waals surface area (Å²) in [7, 11) is 0. The molecule has 0 unspecified atom stereocenters. The Kier molecular flexibility index (Phi) is 2.77. The van der Waals surface area contributed by atoms with Crippen LogP contribution in [-0.2, 0) is 0 Å². The number of pyridine rings is 1. The van der Waals surface area contributed by atoms with Crippen molar-refractivity contribution in [3.05, 3.63) is 53.6 Å². The molecule has 0 aliphatic carbocycles. The topological polar surface area (TPSA) is 30.0 Å². The second-order valence-electron chi connectivity index (χ2n) is 3.58. The number of hydrogen-bond donors (Lipinski definition) is 0. The van der Waals surface area contributed by atoms with E-state index < -0.39 is 0 Å². The van der Waals surface area contributed by atoms with Crippen LogP contribution < -0.4 is 0 Å². The van der Waals surface area contributed by atoms with Gasteiger partial charge >= 0.3 is 0 Å². The third kappa shape index (κ3) is 1.98. The van der Waals surface area contributed by atoms with Crippen molar-refractivity contribution < 1.29 is 9.18 Å². The van der Waals surface area contributed by atoms with Gasteiger partial charge in [0.05, 0.1) is 6.20 Å². The lowest BCUT2D eigenvalue weighted by Crippen LogP contribution is -1.88. The van der Waals surface area contributed by atoms with E-state index in [-0.39, 0.29) is 5.82 Å². The predicted octanol–water partition coefficient (Wildman–Crippen LogP) is 3.01. The maximum absolute atomic E-state index is 13.0. The van der Waals surface area contributed by atoms with E-state index >= 15 is 0 Å².